The fraction of sp³-hybridized carbons (Fsp3) is 0.200. The number of hydrogen-bond acceptors (Lipinski definition) is 5. The van der Waals surface area contributed by atoms with Crippen molar-refractivity contribution in [1.29, 1.82) is 0 Å². The molecule has 0 spiro atoms. The fourth-order valence-corrected chi connectivity index (χ4v) is 2.65. The van der Waals surface area contributed by atoms with Gasteiger partial charge >= 0.3 is 0 Å². The monoisotopic (exact) mass is 333 g/mol. The molecule has 0 saturated heterocycles. The van der Waals surface area contributed by atoms with E-state index in [-0.39, 0.29) is 6.04 Å². The van der Waals surface area contributed by atoms with Crippen LogP contribution in [0.3, 0.4) is 0 Å². The van der Waals surface area contributed by atoms with Crippen LogP contribution in [0.2, 0.25) is 0 Å². The van der Waals surface area contributed by atoms with Crippen LogP contribution in [0.25, 0.3) is 0 Å². The minimum Gasteiger partial charge on any atom is -0.393 e. The second-order valence-corrected chi connectivity index (χ2v) is 5.92. The Morgan fingerprint density at radius 2 is 1.56 bits per heavy atom. The number of anilines is 3. The molecule has 0 fully saturated rings. The molecule has 25 heavy (non-hydrogen) atoms. The van der Waals surface area contributed by atoms with E-state index in [9.17, 15) is 0 Å². The van der Waals surface area contributed by atoms with Crippen LogP contribution in [0, 0.1) is 0 Å². The van der Waals surface area contributed by atoms with Crippen molar-refractivity contribution in [3.8, 4) is 0 Å². The van der Waals surface area contributed by atoms with Gasteiger partial charge in [0.1, 0.15) is 12.0 Å². The zero-order valence-corrected chi connectivity index (χ0v) is 14.3. The van der Waals surface area contributed by atoms with Crippen LogP contribution in [-0.4, -0.2) is 16.5 Å². The first-order valence-corrected chi connectivity index (χ1v) is 8.44. The lowest BCUT2D eigenvalue weighted by atomic mass is 10.1. The lowest BCUT2D eigenvalue weighted by Gasteiger charge is -2.17. The van der Waals surface area contributed by atoms with Gasteiger partial charge in [0.15, 0.2) is 11.6 Å². The Balaban J connectivity index is 1.63. The summed E-state index contributed by atoms with van der Waals surface area (Å²) in [5.74, 6) is 1.31. The molecule has 0 saturated carbocycles. The molecule has 1 heterocycles. The van der Waals surface area contributed by atoms with Gasteiger partial charge < -0.3 is 16.4 Å². The molecule has 1 aromatic heterocycles. The summed E-state index contributed by atoms with van der Waals surface area (Å²) in [5, 5.41) is 6.66. The second-order valence-electron chi connectivity index (χ2n) is 5.92. The summed E-state index contributed by atoms with van der Waals surface area (Å²) in [6, 6.07) is 20.6. The molecule has 3 aromatic rings. The summed E-state index contributed by atoms with van der Waals surface area (Å²) in [5.41, 5.74) is 9.24. The molecule has 2 aromatic carbocycles. The van der Waals surface area contributed by atoms with E-state index < -0.39 is 0 Å². The third-order valence-corrected chi connectivity index (χ3v) is 4.09. The van der Waals surface area contributed by atoms with Crippen molar-refractivity contribution in [2.24, 2.45) is 0 Å². The molecule has 1 unspecified atom stereocenters. The Morgan fingerprint density at radius 3 is 2.28 bits per heavy atom. The number of rotatable bonds is 7. The molecule has 5 nitrogen and oxygen atoms in total. The van der Waals surface area contributed by atoms with Crippen LogP contribution in [0.5, 0.6) is 0 Å². The van der Waals surface area contributed by atoms with Crippen molar-refractivity contribution in [3.05, 3.63) is 78.1 Å². The van der Waals surface area contributed by atoms with Crippen molar-refractivity contribution >= 4 is 17.3 Å². The van der Waals surface area contributed by atoms with Gasteiger partial charge in [-0.25, -0.2) is 9.97 Å². The van der Waals surface area contributed by atoms with Crippen molar-refractivity contribution in [2.75, 3.05) is 22.9 Å². The van der Waals surface area contributed by atoms with Gasteiger partial charge in [0.2, 0.25) is 0 Å². The van der Waals surface area contributed by atoms with E-state index in [1.807, 2.05) is 36.4 Å². The minimum atomic E-state index is 0.107. The summed E-state index contributed by atoms with van der Waals surface area (Å²) >= 11 is 0. The Morgan fingerprint density at radius 1 is 0.920 bits per heavy atom. The van der Waals surface area contributed by atoms with E-state index in [1.165, 1.54) is 17.5 Å². The molecular formula is C20H23N5. The molecule has 5 heteroatoms. The third-order valence-electron chi connectivity index (χ3n) is 4.09. The summed E-state index contributed by atoms with van der Waals surface area (Å²) in [4.78, 5) is 8.55. The fourth-order valence-electron chi connectivity index (χ4n) is 2.65. The molecule has 4 N–H and O–H groups in total. The average Bonchev–Trinajstić information content (AvgIpc) is 2.66. The first-order valence-electron chi connectivity index (χ1n) is 8.44. The third kappa shape index (κ3) is 4.47. The van der Waals surface area contributed by atoms with E-state index in [0.29, 0.717) is 17.3 Å². The maximum atomic E-state index is 6.24. The predicted octanol–water partition coefficient (Wildman–Crippen LogP) is 3.89. The molecule has 0 radical (unpaired) electrons. The Hall–Kier alpha value is -3.08. The number of benzene rings is 2. The number of nitrogens with zero attached hydrogens (tertiary/aromatic N) is 2. The number of nitrogens with two attached hydrogens (primary N) is 1. The van der Waals surface area contributed by atoms with Gasteiger partial charge in [0.25, 0.3) is 0 Å². The zero-order chi connectivity index (χ0) is 17.5. The predicted molar refractivity (Wildman–Crippen MR) is 104 cm³/mol. The van der Waals surface area contributed by atoms with E-state index in [2.05, 4.69) is 51.8 Å². The first-order chi connectivity index (χ1) is 12.2. The molecule has 0 aliphatic heterocycles. The highest BCUT2D eigenvalue weighted by Crippen LogP contribution is 2.26. The second kappa shape index (κ2) is 8.15. The van der Waals surface area contributed by atoms with Crippen molar-refractivity contribution in [3.63, 3.8) is 0 Å². The van der Waals surface area contributed by atoms with E-state index in [0.717, 1.165) is 13.0 Å². The normalized spacial score (nSPS) is 11.7. The first kappa shape index (κ1) is 16.8. The molecule has 0 bridgehead atoms. The van der Waals surface area contributed by atoms with Crippen LogP contribution in [-0.2, 0) is 6.42 Å². The Kier molecular flexibility index (Phi) is 5.46. The molecule has 128 valence electrons. The Labute approximate surface area is 148 Å². The maximum Gasteiger partial charge on any atom is 0.155 e. The maximum absolute atomic E-state index is 6.24. The molecule has 0 aliphatic carbocycles. The zero-order valence-electron chi connectivity index (χ0n) is 14.3. The van der Waals surface area contributed by atoms with Gasteiger partial charge in [-0.15, -0.1) is 0 Å². The lowest BCUT2D eigenvalue weighted by Crippen LogP contribution is -2.13. The average molecular weight is 333 g/mol. The highest BCUT2D eigenvalue weighted by Gasteiger charge is 2.11. The molecule has 3 rings (SSSR count). The molecule has 0 amide bonds. The summed E-state index contributed by atoms with van der Waals surface area (Å²) < 4.78 is 0. The van der Waals surface area contributed by atoms with Gasteiger partial charge in [0.05, 0.1) is 6.04 Å². The Bertz CT molecular complexity index is 790. The van der Waals surface area contributed by atoms with Crippen molar-refractivity contribution in [1.82, 2.24) is 9.97 Å². The topological polar surface area (TPSA) is 75.9 Å². The van der Waals surface area contributed by atoms with Crippen LogP contribution in [0.4, 0.5) is 17.3 Å². The van der Waals surface area contributed by atoms with Gasteiger partial charge in [-0.2, -0.15) is 0 Å². The summed E-state index contributed by atoms with van der Waals surface area (Å²) in [6.07, 6.45) is 2.44. The van der Waals surface area contributed by atoms with Gasteiger partial charge in [-0.3, -0.25) is 0 Å². The summed E-state index contributed by atoms with van der Waals surface area (Å²) in [6.45, 7) is 2.85. The number of aromatic nitrogens is 2. The van der Waals surface area contributed by atoms with Crippen LogP contribution < -0.4 is 16.4 Å². The van der Waals surface area contributed by atoms with Gasteiger partial charge in [-0.1, -0.05) is 60.7 Å². The van der Waals surface area contributed by atoms with E-state index in [4.69, 9.17) is 5.73 Å². The molecule has 0 aliphatic rings. The number of nitrogen functional groups attached to an aromatic ring is 1. The highest BCUT2D eigenvalue weighted by molar-refractivity contribution is 5.74. The van der Waals surface area contributed by atoms with Gasteiger partial charge in [0, 0.05) is 6.54 Å². The largest absolute Gasteiger partial charge is 0.393 e. The van der Waals surface area contributed by atoms with Crippen molar-refractivity contribution < 1.29 is 0 Å². The summed E-state index contributed by atoms with van der Waals surface area (Å²) in [7, 11) is 0. The molecule has 1 atom stereocenters. The minimum absolute atomic E-state index is 0.107. The van der Waals surface area contributed by atoms with Crippen molar-refractivity contribution in [2.45, 2.75) is 19.4 Å². The number of hydrogen-bond donors (Lipinski definition) is 3. The smallest absolute Gasteiger partial charge is 0.155 e. The van der Waals surface area contributed by atoms with E-state index >= 15 is 0 Å². The quantitative estimate of drug-likeness (QED) is 0.611. The van der Waals surface area contributed by atoms with Crippen LogP contribution in [0.1, 0.15) is 24.1 Å². The highest BCUT2D eigenvalue weighted by atomic mass is 15.1. The van der Waals surface area contributed by atoms with Gasteiger partial charge in [-0.05, 0) is 24.5 Å². The molecular weight excluding hydrogens is 310 g/mol. The van der Waals surface area contributed by atoms with Crippen LogP contribution >= 0.6 is 0 Å². The lowest BCUT2D eigenvalue weighted by molar-refractivity contribution is 0.872. The standard InChI is InChI=1S/C20H23N5/c1-15(17-10-6-3-7-11-17)25-20-18(21)19(23-14-24-20)22-13-12-16-8-4-2-5-9-16/h2-11,14-15H,12-13,21H2,1H3,(H2,22,23,24,25). The van der Waals surface area contributed by atoms with E-state index in [1.54, 1.807) is 0 Å². The SMILES string of the molecule is CC(Nc1ncnc(NCCc2ccccc2)c1N)c1ccccc1. The number of nitrogens with one attached hydrogen (secondary N) is 2. The van der Waals surface area contributed by atoms with Crippen LogP contribution in [0.15, 0.2) is 67.0 Å².